The summed E-state index contributed by atoms with van der Waals surface area (Å²) in [4.78, 5) is 15.1. The summed E-state index contributed by atoms with van der Waals surface area (Å²) in [5.41, 5.74) is 1.24. The molecule has 0 bridgehead atoms. The molecule has 0 fully saturated rings. The van der Waals surface area contributed by atoms with Gasteiger partial charge in [0.25, 0.3) is 0 Å². The molecule has 2 heterocycles. The second-order valence-corrected chi connectivity index (χ2v) is 8.87. The third-order valence-corrected chi connectivity index (χ3v) is 6.60. The molecule has 0 aliphatic carbocycles. The molecule has 4 aromatic rings. The number of allylic oxidation sites excluding steroid dienone is 2. The summed E-state index contributed by atoms with van der Waals surface area (Å²) >= 11 is 0. The molecule has 5 nitrogen and oxygen atoms in total. The Bertz CT molecular complexity index is 1460. The molecule has 0 saturated heterocycles. The van der Waals surface area contributed by atoms with Gasteiger partial charge in [-0.25, -0.2) is 8.42 Å². The predicted molar refractivity (Wildman–Crippen MR) is 116 cm³/mol. The van der Waals surface area contributed by atoms with Gasteiger partial charge in [0.05, 0.1) is 10.7 Å². The van der Waals surface area contributed by atoms with Gasteiger partial charge in [-0.15, -0.1) is 29.8 Å². The zero-order valence-electron chi connectivity index (χ0n) is 16.7. The number of benzene rings is 3. The first-order valence-electron chi connectivity index (χ1n) is 9.25. The molecule has 1 radical (unpaired) electrons. The Labute approximate surface area is 193 Å². The monoisotopic (exact) mass is 609 g/mol. The summed E-state index contributed by atoms with van der Waals surface area (Å²) in [6.07, 6.45) is 2.90. The van der Waals surface area contributed by atoms with E-state index in [1.54, 1.807) is 30.5 Å². The number of aliphatic hydroxyl groups is 1. The summed E-state index contributed by atoms with van der Waals surface area (Å²) in [5.74, 6) is -0.0625. The third kappa shape index (κ3) is 4.04. The van der Waals surface area contributed by atoms with Crippen LogP contribution in [0.2, 0.25) is 0 Å². The second kappa shape index (κ2) is 8.71. The zero-order chi connectivity index (χ0) is 21.5. The van der Waals surface area contributed by atoms with Crippen LogP contribution in [-0.2, 0) is 34.7 Å². The summed E-state index contributed by atoms with van der Waals surface area (Å²) in [6, 6.07) is 19.6. The van der Waals surface area contributed by atoms with Crippen molar-refractivity contribution in [2.45, 2.75) is 23.6 Å². The minimum absolute atomic E-state index is 0. The first-order valence-corrected chi connectivity index (χ1v) is 10.7. The van der Waals surface area contributed by atoms with Crippen LogP contribution in [0.25, 0.3) is 32.8 Å². The molecule has 31 heavy (non-hydrogen) atoms. The van der Waals surface area contributed by atoms with Crippen molar-refractivity contribution in [2.75, 3.05) is 0 Å². The largest absolute Gasteiger partial charge is 0.512 e. The number of sulfone groups is 1. The van der Waals surface area contributed by atoms with Gasteiger partial charge in [-0.05, 0) is 58.1 Å². The van der Waals surface area contributed by atoms with E-state index in [0.29, 0.717) is 21.5 Å². The Balaban J connectivity index is 0.000000299. The molecule has 0 atom stereocenters. The maximum absolute atomic E-state index is 13.1. The molecule has 7 heteroatoms. The first-order chi connectivity index (χ1) is 14.3. The summed E-state index contributed by atoms with van der Waals surface area (Å²) in [7, 11) is -3.57. The maximum atomic E-state index is 13.1. The molecular weight excluding hydrogens is 591 g/mol. The molecule has 3 aromatic carbocycles. The van der Waals surface area contributed by atoms with Crippen molar-refractivity contribution in [3.05, 3.63) is 78.7 Å². The van der Waals surface area contributed by atoms with Gasteiger partial charge in [0, 0.05) is 32.4 Å². The van der Waals surface area contributed by atoms with Crippen LogP contribution in [0.15, 0.2) is 82.4 Å². The van der Waals surface area contributed by atoms with Gasteiger partial charge in [-0.2, -0.15) is 0 Å². The van der Waals surface area contributed by atoms with Crippen LogP contribution in [0, 0.1) is 6.07 Å². The first kappa shape index (κ1) is 22.8. The van der Waals surface area contributed by atoms with Crippen LogP contribution in [0.1, 0.15) is 13.8 Å². The molecule has 159 valence electrons. The number of fused-ring (bicyclic) bond motifs is 4. The zero-order valence-corrected chi connectivity index (χ0v) is 19.9. The van der Waals surface area contributed by atoms with E-state index in [-0.39, 0.29) is 36.5 Å². The standard InChI is InChI=1S/C19H10NO2S.C5H8O2.Ir/c21-23(22)16-8-4-3-7-15(16)19-18-14(9-10-20-19)13-6-2-1-5-12(13)11-17(18)23;1-4(6)3-5(2)7;/h1-6,8-11H;3,6H,1-2H3;/q-1;;/b;4-3-;. The number of hydrogen-bond donors (Lipinski definition) is 1. The predicted octanol–water partition coefficient (Wildman–Crippen LogP) is 5.04. The van der Waals surface area contributed by atoms with E-state index in [4.69, 9.17) is 5.11 Å². The van der Waals surface area contributed by atoms with E-state index in [9.17, 15) is 13.2 Å². The van der Waals surface area contributed by atoms with Gasteiger partial charge < -0.3 is 10.1 Å². The van der Waals surface area contributed by atoms with E-state index in [1.165, 1.54) is 19.9 Å². The van der Waals surface area contributed by atoms with Crippen molar-refractivity contribution in [3.8, 4) is 11.3 Å². The normalized spacial score (nSPS) is 13.5. The number of carbonyl (C=O) groups excluding carboxylic acids is 1. The SMILES string of the molecule is CC(=O)/C=C(/C)O.O=S1(=O)c2ccc[c-]c2-c2nccc3c2c1cc1ccccc13.[Ir]. The molecule has 1 aliphatic rings. The van der Waals surface area contributed by atoms with Gasteiger partial charge in [-0.3, -0.25) is 4.79 Å². The van der Waals surface area contributed by atoms with E-state index in [2.05, 4.69) is 11.1 Å². The summed E-state index contributed by atoms with van der Waals surface area (Å²) < 4.78 is 26.2. The van der Waals surface area contributed by atoms with Gasteiger partial charge in [0.1, 0.15) is 0 Å². The van der Waals surface area contributed by atoms with Crippen LogP contribution in [-0.4, -0.2) is 24.3 Å². The number of carbonyl (C=O) groups is 1. The van der Waals surface area contributed by atoms with Gasteiger partial charge >= 0.3 is 0 Å². The number of aliphatic hydroxyl groups excluding tert-OH is 1. The fourth-order valence-corrected chi connectivity index (χ4v) is 5.34. The summed E-state index contributed by atoms with van der Waals surface area (Å²) in [6.45, 7) is 2.85. The second-order valence-electron chi connectivity index (χ2n) is 6.99. The minimum Gasteiger partial charge on any atom is -0.512 e. The molecule has 0 amide bonds. The minimum atomic E-state index is -3.57. The molecule has 0 unspecified atom stereocenters. The van der Waals surface area contributed by atoms with Crippen molar-refractivity contribution in [2.24, 2.45) is 0 Å². The Morgan fingerprint density at radius 3 is 2.45 bits per heavy atom. The number of pyridine rings is 1. The summed E-state index contributed by atoms with van der Waals surface area (Å²) in [5, 5.41) is 11.9. The van der Waals surface area contributed by atoms with E-state index in [0.717, 1.165) is 16.2 Å². The smallest absolute Gasteiger partial charge is 0.172 e. The maximum Gasteiger partial charge on any atom is 0.172 e. The molecule has 1 aromatic heterocycles. The van der Waals surface area contributed by atoms with Gasteiger partial charge in [0.2, 0.25) is 0 Å². The Morgan fingerprint density at radius 2 is 1.77 bits per heavy atom. The average molecular weight is 609 g/mol. The average Bonchev–Trinajstić information content (AvgIpc) is 2.71. The third-order valence-electron chi connectivity index (χ3n) is 4.78. The van der Waals surface area contributed by atoms with Crippen LogP contribution in [0.4, 0.5) is 0 Å². The molecule has 1 N–H and O–H groups in total. The van der Waals surface area contributed by atoms with E-state index in [1.807, 2.05) is 30.3 Å². The van der Waals surface area contributed by atoms with Crippen molar-refractivity contribution in [1.29, 1.82) is 0 Å². The van der Waals surface area contributed by atoms with Crippen LogP contribution >= 0.6 is 0 Å². The van der Waals surface area contributed by atoms with Crippen molar-refractivity contribution in [3.63, 3.8) is 0 Å². The molecule has 0 saturated carbocycles. The quantitative estimate of drug-likeness (QED) is 0.125. The Hall–Kier alpha value is -2.86. The number of nitrogens with zero attached hydrogens (tertiary/aromatic N) is 1. The van der Waals surface area contributed by atoms with Crippen LogP contribution in [0.5, 0.6) is 0 Å². The Kier molecular flexibility index (Phi) is 6.41. The van der Waals surface area contributed by atoms with E-state index >= 15 is 0 Å². The molecule has 5 rings (SSSR count). The number of rotatable bonds is 1. The Morgan fingerprint density at radius 1 is 1.03 bits per heavy atom. The van der Waals surface area contributed by atoms with Crippen molar-refractivity contribution >= 4 is 37.2 Å². The topological polar surface area (TPSA) is 84.3 Å². The van der Waals surface area contributed by atoms with Crippen molar-refractivity contribution < 1.29 is 38.4 Å². The van der Waals surface area contributed by atoms with Crippen LogP contribution in [0.3, 0.4) is 0 Å². The fraction of sp³-hybridized carbons (Fsp3) is 0.0833. The van der Waals surface area contributed by atoms with Crippen molar-refractivity contribution in [1.82, 2.24) is 4.98 Å². The molecular formula is C24H18IrNO4S-. The van der Waals surface area contributed by atoms with E-state index < -0.39 is 9.84 Å². The van der Waals surface area contributed by atoms with Crippen LogP contribution < -0.4 is 0 Å². The van der Waals surface area contributed by atoms with Gasteiger partial charge in [0.15, 0.2) is 15.6 Å². The molecule has 1 aliphatic heterocycles. The fourth-order valence-electron chi connectivity index (χ4n) is 3.66. The number of ketones is 1. The number of hydrogen-bond acceptors (Lipinski definition) is 5. The number of aromatic nitrogens is 1. The van der Waals surface area contributed by atoms with Gasteiger partial charge in [-0.1, -0.05) is 24.3 Å². The molecule has 0 spiro atoms.